The summed E-state index contributed by atoms with van der Waals surface area (Å²) < 4.78 is 13.3. The fourth-order valence-corrected chi connectivity index (χ4v) is 1.70. The fraction of sp³-hybridized carbons (Fsp3) is 0.333. The van der Waals surface area contributed by atoms with Crippen molar-refractivity contribution in [2.24, 2.45) is 0 Å². The first-order valence-corrected chi connectivity index (χ1v) is 5.01. The number of hydrogen-bond acceptors (Lipinski definition) is 1. The van der Waals surface area contributed by atoms with Gasteiger partial charge in [0, 0.05) is 5.56 Å². The van der Waals surface area contributed by atoms with E-state index in [9.17, 15) is 4.39 Å². The third-order valence-corrected chi connectivity index (χ3v) is 2.51. The van der Waals surface area contributed by atoms with E-state index in [4.69, 9.17) is 0 Å². The lowest BCUT2D eigenvalue weighted by molar-refractivity contribution is 0.609. The Balaban J connectivity index is 0.00000112. The molecule has 0 saturated carbocycles. The molecule has 1 aromatic carbocycles. The van der Waals surface area contributed by atoms with Crippen molar-refractivity contribution < 1.29 is 4.39 Å². The molecule has 0 radical (unpaired) electrons. The summed E-state index contributed by atoms with van der Waals surface area (Å²) in [4.78, 5) is 0. The van der Waals surface area contributed by atoms with Crippen LogP contribution in [0.3, 0.4) is 0 Å². The zero-order chi connectivity index (χ0) is 9.80. The molecule has 0 aliphatic carbocycles. The smallest absolute Gasteiger partial charge is 0.130 e. The molecule has 0 aromatic heterocycles. The molecular weight excluding hydrogens is 213 g/mol. The summed E-state index contributed by atoms with van der Waals surface area (Å²) in [6, 6.07) is 6.92. The van der Waals surface area contributed by atoms with E-state index in [1.54, 1.807) is 6.07 Å². The van der Waals surface area contributed by atoms with E-state index in [2.05, 4.69) is 5.32 Å². The number of rotatable bonds is 1. The topological polar surface area (TPSA) is 12.0 Å². The summed E-state index contributed by atoms with van der Waals surface area (Å²) in [6.07, 6.45) is 4.05. The van der Waals surface area contributed by atoms with E-state index in [0.29, 0.717) is 5.56 Å². The Morgan fingerprint density at radius 2 is 1.80 bits per heavy atom. The van der Waals surface area contributed by atoms with E-state index in [-0.39, 0.29) is 18.2 Å². The fourth-order valence-electron chi connectivity index (χ4n) is 1.70. The molecule has 1 aromatic rings. The molecule has 15 heavy (non-hydrogen) atoms. The SMILES string of the molecule is Cl.Fc1ccccc1C=C1CCNCC1. The summed E-state index contributed by atoms with van der Waals surface area (Å²) >= 11 is 0. The van der Waals surface area contributed by atoms with Gasteiger partial charge >= 0.3 is 0 Å². The Labute approximate surface area is 95.8 Å². The Morgan fingerprint density at radius 3 is 2.47 bits per heavy atom. The van der Waals surface area contributed by atoms with Crippen molar-refractivity contribution >= 4 is 18.5 Å². The number of nitrogens with one attached hydrogen (secondary N) is 1. The van der Waals surface area contributed by atoms with Crippen LogP contribution >= 0.6 is 12.4 Å². The molecule has 0 atom stereocenters. The third kappa shape index (κ3) is 3.33. The molecule has 0 amide bonds. The second kappa shape index (κ2) is 5.89. The Hall–Kier alpha value is -0.860. The highest BCUT2D eigenvalue weighted by atomic mass is 35.5. The largest absolute Gasteiger partial charge is 0.316 e. The molecule has 1 heterocycles. The van der Waals surface area contributed by atoms with Crippen LogP contribution in [0, 0.1) is 5.82 Å². The first-order chi connectivity index (χ1) is 6.86. The van der Waals surface area contributed by atoms with Gasteiger partial charge in [-0.3, -0.25) is 0 Å². The Bertz CT molecular complexity index is 341. The summed E-state index contributed by atoms with van der Waals surface area (Å²) in [6.45, 7) is 2.03. The van der Waals surface area contributed by atoms with Crippen molar-refractivity contribution in [2.75, 3.05) is 13.1 Å². The van der Waals surface area contributed by atoms with Crippen molar-refractivity contribution in [1.82, 2.24) is 5.32 Å². The molecule has 82 valence electrons. The van der Waals surface area contributed by atoms with Crippen LogP contribution in [0.4, 0.5) is 4.39 Å². The van der Waals surface area contributed by atoms with Crippen LogP contribution in [0.15, 0.2) is 29.8 Å². The molecule has 0 unspecified atom stereocenters. The lowest BCUT2D eigenvalue weighted by Gasteiger charge is -2.15. The van der Waals surface area contributed by atoms with Gasteiger partial charge in [-0.25, -0.2) is 4.39 Å². The lowest BCUT2D eigenvalue weighted by atomic mass is 10.0. The summed E-state index contributed by atoms with van der Waals surface area (Å²) in [5.74, 6) is -0.126. The number of benzene rings is 1. The van der Waals surface area contributed by atoms with E-state index in [0.717, 1.165) is 25.9 Å². The molecular formula is C12H15ClFN. The maximum Gasteiger partial charge on any atom is 0.130 e. The van der Waals surface area contributed by atoms with Gasteiger partial charge in [0.25, 0.3) is 0 Å². The summed E-state index contributed by atoms with van der Waals surface area (Å²) in [7, 11) is 0. The van der Waals surface area contributed by atoms with Crippen LogP contribution < -0.4 is 5.32 Å². The molecule has 1 aliphatic rings. The number of piperidine rings is 1. The predicted octanol–water partition coefficient (Wildman–Crippen LogP) is 3.01. The van der Waals surface area contributed by atoms with Gasteiger partial charge in [-0.15, -0.1) is 12.4 Å². The van der Waals surface area contributed by atoms with Crippen LogP contribution in [0.1, 0.15) is 18.4 Å². The highest BCUT2D eigenvalue weighted by molar-refractivity contribution is 5.85. The minimum Gasteiger partial charge on any atom is -0.316 e. The number of hydrogen-bond donors (Lipinski definition) is 1. The quantitative estimate of drug-likeness (QED) is 0.778. The Kier molecular flexibility index (Phi) is 4.79. The second-order valence-corrected chi connectivity index (χ2v) is 3.57. The minimum atomic E-state index is -0.126. The predicted molar refractivity (Wildman–Crippen MR) is 63.7 cm³/mol. The standard InChI is InChI=1S/C12H14FN.ClH/c13-12-4-2-1-3-11(12)9-10-5-7-14-8-6-10;/h1-4,9,14H,5-8H2;1H. The zero-order valence-electron chi connectivity index (χ0n) is 8.50. The van der Waals surface area contributed by atoms with E-state index < -0.39 is 0 Å². The van der Waals surface area contributed by atoms with Crippen LogP contribution in [0.5, 0.6) is 0 Å². The molecule has 3 heteroatoms. The van der Waals surface area contributed by atoms with Gasteiger partial charge in [0.1, 0.15) is 5.82 Å². The van der Waals surface area contributed by atoms with Crippen molar-refractivity contribution in [2.45, 2.75) is 12.8 Å². The second-order valence-electron chi connectivity index (χ2n) is 3.57. The van der Waals surface area contributed by atoms with Gasteiger partial charge in [0.15, 0.2) is 0 Å². The van der Waals surface area contributed by atoms with Gasteiger partial charge in [-0.05, 0) is 32.0 Å². The van der Waals surface area contributed by atoms with Crippen LogP contribution in [0.2, 0.25) is 0 Å². The summed E-state index contributed by atoms with van der Waals surface area (Å²) in [5.41, 5.74) is 2.05. The van der Waals surface area contributed by atoms with Crippen LogP contribution in [0.25, 0.3) is 6.08 Å². The van der Waals surface area contributed by atoms with Gasteiger partial charge in [-0.2, -0.15) is 0 Å². The Morgan fingerprint density at radius 1 is 1.13 bits per heavy atom. The molecule has 1 nitrogen and oxygen atoms in total. The van der Waals surface area contributed by atoms with Crippen molar-refractivity contribution in [3.05, 3.63) is 41.2 Å². The normalized spacial score (nSPS) is 15.7. The van der Waals surface area contributed by atoms with Gasteiger partial charge in [0.05, 0.1) is 0 Å². The highest BCUT2D eigenvalue weighted by Crippen LogP contribution is 2.17. The molecule has 1 fully saturated rings. The van der Waals surface area contributed by atoms with Crippen molar-refractivity contribution in [3.8, 4) is 0 Å². The van der Waals surface area contributed by atoms with Crippen LogP contribution in [-0.2, 0) is 0 Å². The molecule has 2 rings (SSSR count). The van der Waals surface area contributed by atoms with Crippen LogP contribution in [-0.4, -0.2) is 13.1 Å². The maximum absolute atomic E-state index is 13.3. The minimum absolute atomic E-state index is 0. The van der Waals surface area contributed by atoms with E-state index in [1.165, 1.54) is 11.6 Å². The van der Waals surface area contributed by atoms with Crippen molar-refractivity contribution in [3.63, 3.8) is 0 Å². The average molecular weight is 228 g/mol. The average Bonchev–Trinajstić information content (AvgIpc) is 2.23. The van der Waals surface area contributed by atoms with E-state index in [1.807, 2.05) is 18.2 Å². The molecule has 0 spiro atoms. The molecule has 1 aliphatic heterocycles. The van der Waals surface area contributed by atoms with Gasteiger partial charge < -0.3 is 5.32 Å². The molecule has 0 bridgehead atoms. The van der Waals surface area contributed by atoms with Crippen molar-refractivity contribution in [1.29, 1.82) is 0 Å². The first kappa shape index (κ1) is 12.2. The van der Waals surface area contributed by atoms with Gasteiger partial charge in [0.2, 0.25) is 0 Å². The third-order valence-electron chi connectivity index (χ3n) is 2.51. The monoisotopic (exact) mass is 227 g/mol. The van der Waals surface area contributed by atoms with Gasteiger partial charge in [-0.1, -0.05) is 29.8 Å². The molecule has 1 N–H and O–H groups in total. The zero-order valence-corrected chi connectivity index (χ0v) is 9.32. The van der Waals surface area contributed by atoms with E-state index >= 15 is 0 Å². The molecule has 1 saturated heterocycles. The number of halogens is 2. The maximum atomic E-state index is 13.3. The first-order valence-electron chi connectivity index (χ1n) is 5.01. The summed E-state index contributed by atoms with van der Waals surface area (Å²) in [5, 5.41) is 3.28. The highest BCUT2D eigenvalue weighted by Gasteiger charge is 2.05. The lowest BCUT2D eigenvalue weighted by Crippen LogP contribution is -2.22.